The van der Waals surface area contributed by atoms with E-state index >= 15 is 0 Å². The van der Waals surface area contributed by atoms with Crippen molar-refractivity contribution in [2.24, 2.45) is 22.9 Å². The molecule has 1 saturated carbocycles. The van der Waals surface area contributed by atoms with Gasteiger partial charge in [-0.15, -0.1) is 0 Å². The molecule has 1 saturated heterocycles. The highest BCUT2D eigenvalue weighted by molar-refractivity contribution is 5.68. The predicted molar refractivity (Wildman–Crippen MR) is 77.3 cm³/mol. The number of azide groups is 1. The largest absolute Gasteiger partial charge is 0.445 e. The normalized spacial score (nSPS) is 27.5. The number of rotatable bonds is 4. The molecule has 1 aromatic carbocycles. The Morgan fingerprint density at radius 1 is 1.43 bits per heavy atom. The van der Waals surface area contributed by atoms with Gasteiger partial charge in [-0.1, -0.05) is 42.4 Å². The number of ether oxygens (including phenoxy) is 1. The fourth-order valence-corrected chi connectivity index (χ4v) is 3.41. The number of carbonyl (C=O) groups excluding carboxylic acids is 1. The molecule has 21 heavy (non-hydrogen) atoms. The van der Waals surface area contributed by atoms with E-state index in [0.29, 0.717) is 37.5 Å². The highest BCUT2D eigenvalue weighted by Gasteiger charge is 2.58. The van der Waals surface area contributed by atoms with Gasteiger partial charge < -0.3 is 9.64 Å². The topological polar surface area (TPSA) is 78.3 Å². The Balaban J connectivity index is 1.46. The van der Waals surface area contributed by atoms with Gasteiger partial charge in [0, 0.05) is 24.0 Å². The molecule has 6 heteroatoms. The van der Waals surface area contributed by atoms with Crippen LogP contribution in [0.15, 0.2) is 35.4 Å². The second-order valence-corrected chi connectivity index (χ2v) is 5.80. The van der Waals surface area contributed by atoms with Crippen LogP contribution >= 0.6 is 0 Å². The van der Waals surface area contributed by atoms with Gasteiger partial charge in [0.05, 0.1) is 0 Å². The van der Waals surface area contributed by atoms with Gasteiger partial charge in [0.15, 0.2) is 0 Å². The number of carbonyl (C=O) groups is 1. The molecule has 3 atom stereocenters. The van der Waals surface area contributed by atoms with E-state index < -0.39 is 0 Å². The molecule has 1 aliphatic heterocycles. The minimum absolute atomic E-state index is 0.0208. The third-order valence-electron chi connectivity index (χ3n) is 4.51. The maximum Gasteiger partial charge on any atom is 0.410 e. The Hall–Kier alpha value is -2.20. The van der Waals surface area contributed by atoms with Gasteiger partial charge in [0.25, 0.3) is 0 Å². The van der Waals surface area contributed by atoms with Crippen LogP contribution in [0.1, 0.15) is 12.5 Å². The van der Waals surface area contributed by atoms with E-state index in [0.717, 1.165) is 5.56 Å². The maximum atomic E-state index is 12.0. The smallest absolute Gasteiger partial charge is 0.410 e. The van der Waals surface area contributed by atoms with Gasteiger partial charge >= 0.3 is 6.09 Å². The van der Waals surface area contributed by atoms with E-state index in [9.17, 15) is 4.79 Å². The molecule has 1 heterocycles. The first-order valence-electron chi connectivity index (χ1n) is 7.20. The molecule has 0 bridgehead atoms. The summed E-state index contributed by atoms with van der Waals surface area (Å²) in [5, 5.41) is 3.76. The summed E-state index contributed by atoms with van der Waals surface area (Å²) in [4.78, 5) is 16.6. The van der Waals surface area contributed by atoms with Crippen molar-refractivity contribution < 1.29 is 9.53 Å². The lowest BCUT2D eigenvalue weighted by atomic mass is 10.1. The summed E-state index contributed by atoms with van der Waals surface area (Å²) in [6, 6.07) is 9.68. The van der Waals surface area contributed by atoms with Gasteiger partial charge in [0.1, 0.15) is 6.61 Å². The van der Waals surface area contributed by atoms with Gasteiger partial charge in [-0.05, 0) is 28.8 Å². The molecular weight excluding hydrogens is 268 g/mol. The first-order chi connectivity index (χ1) is 10.2. The Morgan fingerprint density at radius 2 is 2.10 bits per heavy atom. The van der Waals surface area contributed by atoms with Crippen LogP contribution in [0.4, 0.5) is 4.79 Å². The number of amides is 1. The molecule has 0 radical (unpaired) electrons. The van der Waals surface area contributed by atoms with Crippen LogP contribution in [0, 0.1) is 17.8 Å². The van der Waals surface area contributed by atoms with Crippen LogP contribution in [0.3, 0.4) is 0 Å². The van der Waals surface area contributed by atoms with E-state index in [-0.39, 0.29) is 12.1 Å². The highest BCUT2D eigenvalue weighted by Crippen LogP contribution is 2.54. The Bertz CT molecular complexity index is 558. The Morgan fingerprint density at radius 3 is 2.71 bits per heavy atom. The summed E-state index contributed by atoms with van der Waals surface area (Å²) in [7, 11) is 0. The van der Waals surface area contributed by atoms with E-state index in [1.165, 1.54) is 0 Å². The molecular formula is C15H18N4O2. The third-order valence-corrected chi connectivity index (χ3v) is 4.51. The second kappa shape index (κ2) is 5.66. The van der Waals surface area contributed by atoms with Crippen LogP contribution in [-0.2, 0) is 11.3 Å². The lowest BCUT2D eigenvalue weighted by molar-refractivity contribution is 0.0982. The van der Waals surface area contributed by atoms with Crippen molar-refractivity contribution in [2.45, 2.75) is 19.6 Å². The van der Waals surface area contributed by atoms with E-state index in [1.54, 1.807) is 4.90 Å². The van der Waals surface area contributed by atoms with E-state index in [4.69, 9.17) is 10.3 Å². The quantitative estimate of drug-likeness (QED) is 0.484. The molecule has 2 fully saturated rings. The SMILES string of the molecule is CC(N=[N+]=[N-])C1C2CN(C(=O)OCc3ccccc3)CC21. The molecule has 1 aromatic rings. The number of nitrogens with zero attached hydrogens (tertiary/aromatic N) is 4. The van der Waals surface area contributed by atoms with Gasteiger partial charge in [-0.25, -0.2) is 4.79 Å². The summed E-state index contributed by atoms with van der Waals surface area (Å²) in [6.07, 6.45) is -0.249. The van der Waals surface area contributed by atoms with Gasteiger partial charge in [0.2, 0.25) is 0 Å². The van der Waals surface area contributed by atoms with Crippen molar-refractivity contribution >= 4 is 6.09 Å². The van der Waals surface area contributed by atoms with Crippen LogP contribution in [0.5, 0.6) is 0 Å². The number of piperidine rings is 1. The Kier molecular flexibility index (Phi) is 3.71. The highest BCUT2D eigenvalue weighted by atomic mass is 16.6. The average Bonchev–Trinajstić information content (AvgIpc) is 3.01. The zero-order chi connectivity index (χ0) is 14.8. The number of hydrogen-bond acceptors (Lipinski definition) is 3. The number of fused-ring (bicyclic) bond motifs is 1. The lowest BCUT2D eigenvalue weighted by Gasteiger charge is -2.20. The summed E-state index contributed by atoms with van der Waals surface area (Å²) in [5.41, 5.74) is 9.46. The fraction of sp³-hybridized carbons (Fsp3) is 0.533. The first-order valence-corrected chi connectivity index (χ1v) is 7.20. The summed E-state index contributed by atoms with van der Waals surface area (Å²) < 4.78 is 5.33. The third kappa shape index (κ3) is 2.81. The molecule has 2 aliphatic rings. The molecule has 0 spiro atoms. The maximum absolute atomic E-state index is 12.0. The Labute approximate surface area is 123 Å². The molecule has 0 aromatic heterocycles. The second-order valence-electron chi connectivity index (χ2n) is 5.80. The number of hydrogen-bond donors (Lipinski definition) is 0. The van der Waals surface area contributed by atoms with Crippen LogP contribution in [-0.4, -0.2) is 30.1 Å². The van der Waals surface area contributed by atoms with Crippen molar-refractivity contribution in [3.05, 3.63) is 46.3 Å². The average molecular weight is 286 g/mol. The lowest BCUT2D eigenvalue weighted by Crippen LogP contribution is -2.33. The van der Waals surface area contributed by atoms with Crippen LogP contribution < -0.4 is 0 Å². The molecule has 0 N–H and O–H groups in total. The van der Waals surface area contributed by atoms with Crippen molar-refractivity contribution in [2.75, 3.05) is 13.1 Å². The van der Waals surface area contributed by atoms with E-state index in [2.05, 4.69) is 10.0 Å². The molecule has 3 rings (SSSR count). The van der Waals surface area contributed by atoms with Crippen LogP contribution in [0.2, 0.25) is 0 Å². The zero-order valence-corrected chi connectivity index (χ0v) is 11.9. The standard InChI is InChI=1S/C15H18N4O2/c1-10(17-18-16)14-12-7-19(8-13(12)14)15(20)21-9-11-5-3-2-4-6-11/h2-6,10,12-14H,7-9H2,1H3. The first kappa shape index (κ1) is 13.8. The summed E-state index contributed by atoms with van der Waals surface area (Å²) >= 11 is 0. The van der Waals surface area contributed by atoms with Crippen molar-refractivity contribution in [1.82, 2.24) is 4.90 Å². The molecule has 6 nitrogen and oxygen atoms in total. The number of likely N-dealkylation sites (tertiary alicyclic amines) is 1. The fourth-order valence-electron chi connectivity index (χ4n) is 3.41. The van der Waals surface area contributed by atoms with Crippen molar-refractivity contribution in [3.63, 3.8) is 0 Å². The van der Waals surface area contributed by atoms with Gasteiger partial charge in [-0.2, -0.15) is 0 Å². The number of benzene rings is 1. The summed E-state index contributed by atoms with van der Waals surface area (Å²) in [6.45, 7) is 3.69. The summed E-state index contributed by atoms with van der Waals surface area (Å²) in [5.74, 6) is 1.36. The zero-order valence-electron chi connectivity index (χ0n) is 11.9. The molecule has 3 unspecified atom stereocenters. The van der Waals surface area contributed by atoms with Crippen molar-refractivity contribution in [3.8, 4) is 0 Å². The minimum atomic E-state index is -0.249. The predicted octanol–water partition coefficient (Wildman–Crippen LogP) is 3.20. The molecule has 1 amide bonds. The van der Waals surface area contributed by atoms with Gasteiger partial charge in [-0.3, -0.25) is 0 Å². The molecule has 110 valence electrons. The molecule has 1 aliphatic carbocycles. The monoisotopic (exact) mass is 286 g/mol. The van der Waals surface area contributed by atoms with E-state index in [1.807, 2.05) is 37.3 Å². The van der Waals surface area contributed by atoms with Crippen molar-refractivity contribution in [1.29, 1.82) is 0 Å². The minimum Gasteiger partial charge on any atom is -0.445 e. The van der Waals surface area contributed by atoms with Crippen LogP contribution in [0.25, 0.3) is 10.4 Å².